The summed E-state index contributed by atoms with van der Waals surface area (Å²) in [4.78, 5) is 26.3. The summed E-state index contributed by atoms with van der Waals surface area (Å²) in [5.41, 5.74) is 1.51. The summed E-state index contributed by atoms with van der Waals surface area (Å²) < 4.78 is 16.1. The highest BCUT2D eigenvalue weighted by molar-refractivity contribution is 6.22. The number of nitrogens with one attached hydrogen (secondary N) is 1. The number of rotatable bonds is 6. The number of benzene rings is 2. The molecule has 1 unspecified atom stereocenters. The smallest absolute Gasteiger partial charge is 0.251 e. The van der Waals surface area contributed by atoms with Crippen LogP contribution in [0.25, 0.3) is 0 Å². The van der Waals surface area contributed by atoms with E-state index in [4.69, 9.17) is 14.2 Å². The second kappa shape index (κ2) is 7.28. The van der Waals surface area contributed by atoms with Gasteiger partial charge in [0.05, 0.1) is 24.8 Å². The van der Waals surface area contributed by atoms with Crippen LogP contribution in [0, 0.1) is 0 Å². The van der Waals surface area contributed by atoms with Crippen molar-refractivity contribution in [2.45, 2.75) is 25.9 Å². The third-order valence-corrected chi connectivity index (χ3v) is 4.54. The number of hydrogen-bond donors (Lipinski definition) is 1. The number of anilines is 1. The van der Waals surface area contributed by atoms with Gasteiger partial charge in [-0.3, -0.25) is 9.59 Å². The Balaban J connectivity index is 1.41. The minimum Gasteiger partial charge on any atom is -0.494 e. The summed E-state index contributed by atoms with van der Waals surface area (Å²) in [7, 11) is 0. The number of amides is 2. The Morgan fingerprint density at radius 3 is 2.67 bits per heavy atom. The molecule has 0 aromatic heterocycles. The van der Waals surface area contributed by atoms with Crippen molar-refractivity contribution in [2.75, 3.05) is 18.3 Å². The van der Waals surface area contributed by atoms with Crippen LogP contribution in [0.3, 0.4) is 0 Å². The number of carbonyl (C=O) groups excluding carboxylic acids is 2. The molecule has 0 bridgehead atoms. The maximum atomic E-state index is 12.7. The van der Waals surface area contributed by atoms with E-state index in [1.807, 2.05) is 25.1 Å². The van der Waals surface area contributed by atoms with E-state index in [9.17, 15) is 9.59 Å². The predicted octanol–water partition coefficient (Wildman–Crippen LogP) is 2.24. The zero-order chi connectivity index (χ0) is 18.8. The minimum atomic E-state index is -0.547. The average Bonchev–Trinajstić information content (AvgIpc) is 3.25. The van der Waals surface area contributed by atoms with Crippen LogP contribution in [0.4, 0.5) is 5.69 Å². The Hall–Kier alpha value is -3.06. The molecule has 2 aliphatic heterocycles. The maximum Gasteiger partial charge on any atom is 0.251 e. The van der Waals surface area contributed by atoms with Gasteiger partial charge in [0.1, 0.15) is 5.75 Å². The molecule has 7 heteroatoms. The third kappa shape index (κ3) is 3.46. The van der Waals surface area contributed by atoms with E-state index < -0.39 is 6.04 Å². The molecule has 0 aliphatic carbocycles. The lowest BCUT2D eigenvalue weighted by Crippen LogP contribution is -2.38. The van der Waals surface area contributed by atoms with E-state index in [1.54, 1.807) is 24.3 Å². The first-order valence-electron chi connectivity index (χ1n) is 8.87. The van der Waals surface area contributed by atoms with E-state index >= 15 is 0 Å². The highest BCUT2D eigenvalue weighted by atomic mass is 16.7. The van der Waals surface area contributed by atoms with Crippen molar-refractivity contribution in [1.29, 1.82) is 0 Å². The first kappa shape index (κ1) is 17.4. The molecule has 140 valence electrons. The van der Waals surface area contributed by atoms with Gasteiger partial charge in [0, 0.05) is 6.54 Å². The summed E-state index contributed by atoms with van der Waals surface area (Å²) >= 11 is 0. The van der Waals surface area contributed by atoms with Crippen LogP contribution in [0.2, 0.25) is 0 Å². The van der Waals surface area contributed by atoms with E-state index in [1.165, 1.54) is 4.90 Å². The van der Waals surface area contributed by atoms with Gasteiger partial charge >= 0.3 is 0 Å². The topological polar surface area (TPSA) is 77.1 Å². The molecule has 1 fully saturated rings. The number of carbonyl (C=O) groups is 2. The maximum absolute atomic E-state index is 12.7. The minimum absolute atomic E-state index is 0.136. The van der Waals surface area contributed by atoms with E-state index in [0.717, 1.165) is 5.56 Å². The van der Waals surface area contributed by atoms with Gasteiger partial charge in [-0.1, -0.05) is 6.07 Å². The quantitative estimate of drug-likeness (QED) is 0.788. The van der Waals surface area contributed by atoms with Crippen molar-refractivity contribution in [2.24, 2.45) is 0 Å². The van der Waals surface area contributed by atoms with Crippen LogP contribution in [-0.4, -0.2) is 31.3 Å². The zero-order valence-corrected chi connectivity index (χ0v) is 14.9. The van der Waals surface area contributed by atoms with Gasteiger partial charge in [-0.15, -0.1) is 0 Å². The summed E-state index contributed by atoms with van der Waals surface area (Å²) in [5.74, 6) is 1.65. The van der Waals surface area contributed by atoms with Crippen molar-refractivity contribution >= 4 is 17.5 Å². The number of ether oxygens (including phenoxy) is 3. The SMILES string of the molecule is CCOc1ccc(N2C(=O)CC(NCc3ccc4c(c3)OCO4)C2=O)cc1. The van der Waals surface area contributed by atoms with Crippen LogP contribution >= 0.6 is 0 Å². The van der Waals surface area contributed by atoms with Gasteiger partial charge in [0.15, 0.2) is 11.5 Å². The van der Waals surface area contributed by atoms with Gasteiger partial charge in [0.2, 0.25) is 12.7 Å². The van der Waals surface area contributed by atoms with Gasteiger partial charge in [-0.05, 0) is 48.9 Å². The van der Waals surface area contributed by atoms with Crippen molar-refractivity contribution in [3.05, 3.63) is 48.0 Å². The fourth-order valence-corrected chi connectivity index (χ4v) is 3.21. The average molecular weight is 368 g/mol. The molecule has 1 saturated heterocycles. The van der Waals surface area contributed by atoms with Crippen LogP contribution in [0.15, 0.2) is 42.5 Å². The van der Waals surface area contributed by atoms with Gasteiger partial charge in [0.25, 0.3) is 5.91 Å². The van der Waals surface area contributed by atoms with Gasteiger partial charge in [-0.2, -0.15) is 0 Å². The van der Waals surface area contributed by atoms with Crippen molar-refractivity contribution < 1.29 is 23.8 Å². The van der Waals surface area contributed by atoms with Gasteiger partial charge in [-0.25, -0.2) is 4.90 Å². The molecule has 0 radical (unpaired) electrons. The second-order valence-corrected chi connectivity index (χ2v) is 6.32. The third-order valence-electron chi connectivity index (χ3n) is 4.54. The molecule has 0 saturated carbocycles. The Morgan fingerprint density at radius 1 is 1.11 bits per heavy atom. The molecule has 2 aliphatic rings. The Morgan fingerprint density at radius 2 is 1.89 bits per heavy atom. The van der Waals surface area contributed by atoms with E-state index in [0.29, 0.717) is 36.1 Å². The number of imide groups is 1. The van der Waals surface area contributed by atoms with E-state index in [2.05, 4.69) is 5.32 Å². The Bertz CT molecular complexity index is 865. The molecule has 7 nitrogen and oxygen atoms in total. The molecule has 27 heavy (non-hydrogen) atoms. The van der Waals surface area contributed by atoms with Crippen molar-refractivity contribution in [1.82, 2.24) is 5.32 Å². The first-order chi connectivity index (χ1) is 13.2. The first-order valence-corrected chi connectivity index (χ1v) is 8.87. The molecule has 4 rings (SSSR count). The molecule has 0 spiro atoms. The molecular formula is C20H20N2O5. The Labute approximate surface area is 156 Å². The van der Waals surface area contributed by atoms with Crippen LogP contribution in [0.1, 0.15) is 18.9 Å². The summed E-state index contributed by atoms with van der Waals surface area (Å²) in [6, 6.07) is 12.0. The number of hydrogen-bond acceptors (Lipinski definition) is 6. The zero-order valence-electron chi connectivity index (χ0n) is 14.9. The highest BCUT2D eigenvalue weighted by Gasteiger charge is 2.39. The highest BCUT2D eigenvalue weighted by Crippen LogP contribution is 2.32. The van der Waals surface area contributed by atoms with Crippen LogP contribution in [-0.2, 0) is 16.1 Å². The molecule has 2 aromatic carbocycles. The summed E-state index contributed by atoms with van der Waals surface area (Å²) in [6.07, 6.45) is 0.136. The Kier molecular flexibility index (Phi) is 4.68. The largest absolute Gasteiger partial charge is 0.494 e. The fraction of sp³-hybridized carbons (Fsp3) is 0.300. The van der Waals surface area contributed by atoms with Crippen LogP contribution < -0.4 is 24.4 Å². The predicted molar refractivity (Wildman–Crippen MR) is 97.9 cm³/mol. The van der Waals surface area contributed by atoms with Crippen molar-refractivity contribution in [3.63, 3.8) is 0 Å². The van der Waals surface area contributed by atoms with Crippen molar-refractivity contribution in [3.8, 4) is 17.2 Å². The summed E-state index contributed by atoms with van der Waals surface area (Å²) in [6.45, 7) is 3.14. The van der Waals surface area contributed by atoms with Crippen LogP contribution in [0.5, 0.6) is 17.2 Å². The van der Waals surface area contributed by atoms with Gasteiger partial charge < -0.3 is 19.5 Å². The summed E-state index contributed by atoms with van der Waals surface area (Å²) in [5, 5.41) is 3.17. The monoisotopic (exact) mass is 368 g/mol. The molecular weight excluding hydrogens is 348 g/mol. The number of fused-ring (bicyclic) bond motifs is 1. The normalized spacial score (nSPS) is 18.3. The standard InChI is InChI=1S/C20H20N2O5/c1-2-25-15-6-4-14(5-7-15)22-19(23)10-16(20(22)24)21-11-13-3-8-17-18(9-13)27-12-26-17/h3-9,16,21H,2,10-12H2,1H3. The molecule has 1 atom stereocenters. The second-order valence-electron chi connectivity index (χ2n) is 6.32. The number of nitrogens with zero attached hydrogens (tertiary/aromatic N) is 1. The molecule has 2 heterocycles. The molecule has 1 N–H and O–H groups in total. The molecule has 2 amide bonds. The lowest BCUT2D eigenvalue weighted by atomic mass is 10.1. The fourth-order valence-electron chi connectivity index (χ4n) is 3.21. The lowest BCUT2D eigenvalue weighted by Gasteiger charge is -2.16. The molecule has 2 aromatic rings. The van der Waals surface area contributed by atoms with E-state index in [-0.39, 0.29) is 25.0 Å². The lowest BCUT2D eigenvalue weighted by molar-refractivity contribution is -0.121.